The fourth-order valence-corrected chi connectivity index (χ4v) is 2.13. The highest BCUT2D eigenvalue weighted by Crippen LogP contribution is 2.13. The Morgan fingerprint density at radius 1 is 1.56 bits per heavy atom. The van der Waals surface area contributed by atoms with Gasteiger partial charge in [0.15, 0.2) is 0 Å². The first-order chi connectivity index (χ1) is 7.63. The van der Waals surface area contributed by atoms with Crippen molar-refractivity contribution in [3.63, 3.8) is 0 Å². The molecule has 0 bridgehead atoms. The summed E-state index contributed by atoms with van der Waals surface area (Å²) >= 11 is 1.72. The maximum atomic E-state index is 11.4. The van der Waals surface area contributed by atoms with Crippen molar-refractivity contribution in [2.24, 2.45) is 0 Å². The summed E-state index contributed by atoms with van der Waals surface area (Å²) in [7, 11) is 0. The quantitative estimate of drug-likeness (QED) is 0.717. The number of ether oxygens (including phenoxy) is 1. The number of thiophene rings is 1. The van der Waals surface area contributed by atoms with E-state index in [0.717, 1.165) is 6.54 Å². The second-order valence-electron chi connectivity index (χ2n) is 3.88. The summed E-state index contributed by atoms with van der Waals surface area (Å²) in [5, 5.41) is 2.05. The summed E-state index contributed by atoms with van der Waals surface area (Å²) in [4.78, 5) is 14.8. The van der Waals surface area contributed by atoms with Crippen molar-refractivity contribution >= 4 is 17.3 Å². The normalized spacial score (nSPS) is 11.1. The molecule has 0 spiro atoms. The molecule has 0 radical (unpaired) electrons. The van der Waals surface area contributed by atoms with Crippen molar-refractivity contribution in [1.82, 2.24) is 4.90 Å². The minimum absolute atomic E-state index is 0.146. The first-order valence-electron chi connectivity index (χ1n) is 5.55. The molecule has 0 aliphatic rings. The highest BCUT2D eigenvalue weighted by molar-refractivity contribution is 7.09. The van der Waals surface area contributed by atoms with Crippen LogP contribution >= 0.6 is 11.3 Å². The van der Waals surface area contributed by atoms with Gasteiger partial charge in [-0.3, -0.25) is 9.69 Å². The molecular weight excluding hydrogens is 222 g/mol. The molecule has 1 aromatic rings. The Morgan fingerprint density at radius 2 is 2.31 bits per heavy atom. The number of carbonyl (C=O) groups excluding carboxylic acids is 1. The lowest BCUT2D eigenvalue weighted by Gasteiger charge is -2.24. The zero-order chi connectivity index (χ0) is 12.0. The summed E-state index contributed by atoms with van der Waals surface area (Å²) in [5.74, 6) is -0.146. The van der Waals surface area contributed by atoms with Gasteiger partial charge in [0.05, 0.1) is 13.2 Å². The van der Waals surface area contributed by atoms with Crippen molar-refractivity contribution in [2.45, 2.75) is 33.4 Å². The van der Waals surface area contributed by atoms with Crippen molar-refractivity contribution in [1.29, 1.82) is 0 Å². The number of rotatable bonds is 6. The molecular formula is C12H19NO2S. The lowest BCUT2D eigenvalue weighted by atomic mass is 10.3. The van der Waals surface area contributed by atoms with Crippen LogP contribution in [0.25, 0.3) is 0 Å². The van der Waals surface area contributed by atoms with Crippen LogP contribution in [0.15, 0.2) is 17.5 Å². The van der Waals surface area contributed by atoms with E-state index in [2.05, 4.69) is 30.2 Å². The maximum absolute atomic E-state index is 11.4. The van der Waals surface area contributed by atoms with Crippen LogP contribution in [0.3, 0.4) is 0 Å². The Balaban J connectivity index is 2.51. The van der Waals surface area contributed by atoms with E-state index >= 15 is 0 Å². The Kier molecular flexibility index (Phi) is 5.49. The van der Waals surface area contributed by atoms with Crippen molar-refractivity contribution in [3.8, 4) is 0 Å². The number of carbonyl (C=O) groups is 1. The van der Waals surface area contributed by atoms with E-state index < -0.39 is 0 Å². The van der Waals surface area contributed by atoms with Gasteiger partial charge in [-0.2, -0.15) is 0 Å². The Hall–Kier alpha value is -0.870. The molecule has 0 saturated carbocycles. The van der Waals surface area contributed by atoms with E-state index in [1.807, 2.05) is 13.0 Å². The van der Waals surface area contributed by atoms with Crippen LogP contribution in [-0.2, 0) is 16.1 Å². The lowest BCUT2D eigenvalue weighted by molar-refractivity contribution is -0.145. The minimum atomic E-state index is -0.146. The topological polar surface area (TPSA) is 29.5 Å². The standard InChI is InChI=1S/C12H19NO2S/c1-4-15-12(14)9-13(10(2)3)8-11-6-5-7-16-11/h5-7,10H,4,8-9H2,1-3H3. The molecule has 0 saturated heterocycles. The second-order valence-corrected chi connectivity index (χ2v) is 4.92. The molecule has 4 heteroatoms. The van der Waals surface area contributed by atoms with Gasteiger partial charge in [0.25, 0.3) is 0 Å². The van der Waals surface area contributed by atoms with Gasteiger partial charge >= 0.3 is 5.97 Å². The second kappa shape index (κ2) is 6.66. The molecule has 0 aliphatic carbocycles. The average molecular weight is 241 g/mol. The summed E-state index contributed by atoms with van der Waals surface area (Å²) < 4.78 is 4.96. The van der Waals surface area contributed by atoms with Crippen LogP contribution < -0.4 is 0 Å². The Labute approximate surface area is 101 Å². The third-order valence-corrected chi connectivity index (χ3v) is 3.17. The fourth-order valence-electron chi connectivity index (χ4n) is 1.40. The van der Waals surface area contributed by atoms with Crippen LogP contribution in [0, 0.1) is 0 Å². The van der Waals surface area contributed by atoms with E-state index in [9.17, 15) is 4.79 Å². The molecule has 90 valence electrons. The zero-order valence-corrected chi connectivity index (χ0v) is 10.9. The maximum Gasteiger partial charge on any atom is 0.320 e. The largest absolute Gasteiger partial charge is 0.465 e. The summed E-state index contributed by atoms with van der Waals surface area (Å²) in [5.41, 5.74) is 0. The average Bonchev–Trinajstić information content (AvgIpc) is 2.69. The van der Waals surface area contributed by atoms with Crippen molar-refractivity contribution < 1.29 is 9.53 Å². The van der Waals surface area contributed by atoms with Crippen LogP contribution in [0.4, 0.5) is 0 Å². The van der Waals surface area contributed by atoms with Gasteiger partial charge in [-0.05, 0) is 32.2 Å². The molecule has 0 atom stereocenters. The van der Waals surface area contributed by atoms with Gasteiger partial charge in [0.2, 0.25) is 0 Å². The van der Waals surface area contributed by atoms with E-state index in [1.54, 1.807) is 11.3 Å². The van der Waals surface area contributed by atoms with Crippen LogP contribution in [0.2, 0.25) is 0 Å². The smallest absolute Gasteiger partial charge is 0.320 e. The van der Waals surface area contributed by atoms with Gasteiger partial charge < -0.3 is 4.74 Å². The Morgan fingerprint density at radius 3 is 2.81 bits per heavy atom. The number of esters is 1. The highest BCUT2D eigenvalue weighted by Gasteiger charge is 2.15. The highest BCUT2D eigenvalue weighted by atomic mass is 32.1. The molecule has 1 rings (SSSR count). The Bertz CT molecular complexity index is 309. The summed E-state index contributed by atoms with van der Waals surface area (Å²) in [6, 6.07) is 4.46. The number of nitrogens with zero attached hydrogens (tertiary/aromatic N) is 1. The summed E-state index contributed by atoms with van der Waals surface area (Å²) in [6.45, 7) is 7.64. The summed E-state index contributed by atoms with van der Waals surface area (Å²) in [6.07, 6.45) is 0. The fraction of sp³-hybridized carbons (Fsp3) is 0.583. The first-order valence-corrected chi connectivity index (χ1v) is 6.43. The minimum Gasteiger partial charge on any atom is -0.465 e. The predicted molar refractivity (Wildman–Crippen MR) is 66.5 cm³/mol. The molecule has 0 fully saturated rings. The molecule has 1 heterocycles. The first kappa shape index (κ1) is 13.2. The van der Waals surface area contributed by atoms with E-state index in [-0.39, 0.29) is 5.97 Å². The third kappa shape index (κ3) is 4.33. The predicted octanol–water partition coefficient (Wildman–Crippen LogP) is 2.52. The molecule has 0 aromatic carbocycles. The zero-order valence-electron chi connectivity index (χ0n) is 10.1. The van der Waals surface area contributed by atoms with E-state index in [0.29, 0.717) is 19.2 Å². The lowest BCUT2D eigenvalue weighted by Crippen LogP contribution is -2.35. The molecule has 0 N–H and O–H groups in total. The van der Waals surface area contributed by atoms with Crippen LogP contribution in [-0.4, -0.2) is 30.1 Å². The van der Waals surface area contributed by atoms with Crippen LogP contribution in [0.5, 0.6) is 0 Å². The van der Waals surface area contributed by atoms with E-state index in [4.69, 9.17) is 4.74 Å². The van der Waals surface area contributed by atoms with Gasteiger partial charge in [0, 0.05) is 17.5 Å². The molecule has 1 aromatic heterocycles. The molecule has 16 heavy (non-hydrogen) atoms. The van der Waals surface area contributed by atoms with Gasteiger partial charge in [-0.1, -0.05) is 6.07 Å². The molecule has 0 unspecified atom stereocenters. The number of hydrogen-bond acceptors (Lipinski definition) is 4. The van der Waals surface area contributed by atoms with Crippen molar-refractivity contribution in [2.75, 3.05) is 13.2 Å². The molecule has 3 nitrogen and oxygen atoms in total. The monoisotopic (exact) mass is 241 g/mol. The van der Waals surface area contributed by atoms with Crippen LogP contribution in [0.1, 0.15) is 25.6 Å². The van der Waals surface area contributed by atoms with E-state index in [1.165, 1.54) is 4.88 Å². The van der Waals surface area contributed by atoms with Gasteiger partial charge in [-0.25, -0.2) is 0 Å². The molecule has 0 aliphatic heterocycles. The van der Waals surface area contributed by atoms with Gasteiger partial charge in [0.1, 0.15) is 0 Å². The van der Waals surface area contributed by atoms with Crippen molar-refractivity contribution in [3.05, 3.63) is 22.4 Å². The third-order valence-electron chi connectivity index (χ3n) is 2.31. The van der Waals surface area contributed by atoms with Gasteiger partial charge in [-0.15, -0.1) is 11.3 Å². The number of hydrogen-bond donors (Lipinski definition) is 0. The molecule has 0 amide bonds. The SMILES string of the molecule is CCOC(=O)CN(Cc1cccs1)C(C)C.